The Morgan fingerprint density at radius 2 is 1.92 bits per heavy atom. The van der Waals surface area contributed by atoms with E-state index in [4.69, 9.17) is 16.7 Å². The van der Waals surface area contributed by atoms with Gasteiger partial charge in [-0.05, 0) is 30.3 Å². The molecule has 122 valence electrons. The summed E-state index contributed by atoms with van der Waals surface area (Å²) in [4.78, 5) is 10.8. The van der Waals surface area contributed by atoms with Crippen molar-refractivity contribution >= 4 is 33.5 Å². The van der Waals surface area contributed by atoms with Crippen LogP contribution in [0.5, 0.6) is 0 Å². The van der Waals surface area contributed by atoms with E-state index in [9.17, 15) is 4.79 Å². The lowest BCUT2D eigenvalue weighted by molar-refractivity contribution is -0.136. The van der Waals surface area contributed by atoms with Crippen molar-refractivity contribution in [2.24, 2.45) is 0 Å². The van der Waals surface area contributed by atoms with Crippen molar-refractivity contribution in [1.82, 2.24) is 20.0 Å². The van der Waals surface area contributed by atoms with E-state index in [0.717, 1.165) is 15.7 Å². The monoisotopic (exact) mass is 406 g/mol. The summed E-state index contributed by atoms with van der Waals surface area (Å²) in [6.07, 6.45) is 0.357. The fourth-order valence-corrected chi connectivity index (χ4v) is 2.58. The summed E-state index contributed by atoms with van der Waals surface area (Å²) in [6, 6.07) is 13.0. The molecule has 8 heteroatoms. The van der Waals surface area contributed by atoms with Crippen LogP contribution in [-0.4, -0.2) is 31.1 Å². The molecule has 0 saturated heterocycles. The Morgan fingerprint density at radius 3 is 2.54 bits per heavy atom. The van der Waals surface area contributed by atoms with Crippen molar-refractivity contribution in [1.29, 1.82) is 0 Å². The molecule has 0 aliphatic heterocycles. The van der Waals surface area contributed by atoms with E-state index in [1.165, 1.54) is 0 Å². The van der Waals surface area contributed by atoms with Crippen LogP contribution in [0.15, 0.2) is 46.9 Å². The average molecular weight is 408 g/mol. The molecule has 3 rings (SSSR count). The molecule has 3 aromatic rings. The maximum absolute atomic E-state index is 10.8. The zero-order chi connectivity index (χ0) is 17.1. The Bertz CT molecular complexity index is 800. The van der Waals surface area contributed by atoms with Gasteiger partial charge in [-0.25, -0.2) is 4.68 Å². The number of carboxylic acids is 1. The summed E-state index contributed by atoms with van der Waals surface area (Å²) >= 11 is 9.20. The molecule has 24 heavy (non-hydrogen) atoms. The van der Waals surface area contributed by atoms with E-state index < -0.39 is 5.97 Å². The van der Waals surface area contributed by atoms with Crippen LogP contribution in [-0.2, 0) is 11.2 Å². The van der Waals surface area contributed by atoms with E-state index in [-0.39, 0.29) is 6.42 Å². The second kappa shape index (κ2) is 7.11. The molecule has 2 heterocycles. The zero-order valence-corrected chi connectivity index (χ0v) is 14.7. The normalized spacial score (nSPS) is 10.8. The van der Waals surface area contributed by atoms with E-state index in [0.29, 0.717) is 23.1 Å². The van der Waals surface area contributed by atoms with E-state index >= 15 is 0 Å². The van der Waals surface area contributed by atoms with Gasteiger partial charge in [-0.15, -0.1) is 10.2 Å². The second-order valence-electron chi connectivity index (χ2n) is 5.05. The highest BCUT2D eigenvalue weighted by molar-refractivity contribution is 9.10. The molecule has 0 saturated carbocycles. The topological polar surface area (TPSA) is 80.9 Å². The van der Waals surface area contributed by atoms with E-state index in [1.54, 1.807) is 16.8 Å². The Kier molecular flexibility index (Phi) is 4.92. The molecule has 0 radical (unpaired) electrons. The van der Waals surface area contributed by atoms with Crippen molar-refractivity contribution < 1.29 is 9.90 Å². The quantitative estimate of drug-likeness (QED) is 0.696. The number of carboxylic acid groups (broad SMARTS) is 1. The van der Waals surface area contributed by atoms with Crippen LogP contribution in [0.4, 0.5) is 0 Å². The van der Waals surface area contributed by atoms with Crippen LogP contribution >= 0.6 is 27.5 Å². The van der Waals surface area contributed by atoms with Crippen LogP contribution < -0.4 is 0 Å². The molecule has 0 atom stereocenters. The smallest absolute Gasteiger partial charge is 0.303 e. The van der Waals surface area contributed by atoms with Crippen molar-refractivity contribution in [3.05, 3.63) is 57.8 Å². The van der Waals surface area contributed by atoms with Crippen molar-refractivity contribution in [3.63, 3.8) is 0 Å². The third kappa shape index (κ3) is 3.80. The zero-order valence-electron chi connectivity index (χ0n) is 12.4. The maximum atomic E-state index is 10.8. The minimum atomic E-state index is -0.860. The highest BCUT2D eigenvalue weighted by Crippen LogP contribution is 2.25. The molecule has 6 nitrogen and oxygen atoms in total. The number of nitrogens with zero attached hydrogens (tertiary/aromatic N) is 4. The molecule has 0 amide bonds. The van der Waals surface area contributed by atoms with Gasteiger partial charge in [0.15, 0.2) is 11.0 Å². The first-order valence-corrected chi connectivity index (χ1v) is 8.26. The summed E-state index contributed by atoms with van der Waals surface area (Å²) in [5.41, 5.74) is 2.41. The van der Waals surface area contributed by atoms with Gasteiger partial charge < -0.3 is 5.11 Å². The third-order valence-corrected chi connectivity index (χ3v) is 4.06. The van der Waals surface area contributed by atoms with Gasteiger partial charge in [0, 0.05) is 16.5 Å². The number of hydrogen-bond donors (Lipinski definition) is 1. The lowest BCUT2D eigenvalue weighted by Gasteiger charge is -2.06. The van der Waals surface area contributed by atoms with Crippen LogP contribution in [0.3, 0.4) is 0 Å². The Balaban J connectivity index is 2.05. The number of carbonyl (C=O) groups is 1. The molecular formula is C16H12BrClN4O2. The highest BCUT2D eigenvalue weighted by atomic mass is 79.9. The van der Waals surface area contributed by atoms with Crippen molar-refractivity contribution in [2.45, 2.75) is 12.8 Å². The lowest BCUT2D eigenvalue weighted by atomic mass is 10.1. The first-order valence-electron chi connectivity index (χ1n) is 7.09. The Hall–Kier alpha value is -2.25. The predicted octanol–water partition coefficient (Wildman–Crippen LogP) is 3.76. The summed E-state index contributed by atoms with van der Waals surface area (Å²) in [7, 11) is 0. The molecule has 0 aliphatic rings. The molecular weight excluding hydrogens is 396 g/mol. The molecule has 0 bridgehead atoms. The summed E-state index contributed by atoms with van der Waals surface area (Å²) in [5.74, 6) is -0.347. The van der Waals surface area contributed by atoms with Crippen LogP contribution in [0.1, 0.15) is 12.1 Å². The standard InChI is InChI=1S/C16H12BrClN4O2/c17-11-3-1-10(2-4-11)13-9-12(5-8-16(23)24)21-22(13)15-7-6-14(18)19-20-15/h1-4,6-7,9H,5,8H2,(H,23,24). The van der Waals surface area contributed by atoms with Gasteiger partial charge >= 0.3 is 5.97 Å². The van der Waals surface area contributed by atoms with Crippen LogP contribution in [0.25, 0.3) is 17.1 Å². The number of benzene rings is 1. The molecule has 0 unspecified atom stereocenters. The van der Waals surface area contributed by atoms with Gasteiger partial charge in [0.2, 0.25) is 0 Å². The highest BCUT2D eigenvalue weighted by Gasteiger charge is 2.14. The minimum Gasteiger partial charge on any atom is -0.481 e. The fourth-order valence-electron chi connectivity index (χ4n) is 2.21. The Morgan fingerprint density at radius 1 is 1.17 bits per heavy atom. The fraction of sp³-hybridized carbons (Fsp3) is 0.125. The van der Waals surface area contributed by atoms with Gasteiger partial charge in [0.05, 0.1) is 17.8 Å². The second-order valence-corrected chi connectivity index (χ2v) is 6.35. The summed E-state index contributed by atoms with van der Waals surface area (Å²) in [5, 5.41) is 21.5. The third-order valence-electron chi connectivity index (χ3n) is 3.33. The number of hydrogen-bond acceptors (Lipinski definition) is 4. The van der Waals surface area contributed by atoms with Gasteiger partial charge in [-0.3, -0.25) is 4.79 Å². The molecule has 1 aromatic carbocycles. The number of rotatable bonds is 5. The predicted molar refractivity (Wildman–Crippen MR) is 93.3 cm³/mol. The number of aliphatic carboxylic acids is 1. The van der Waals surface area contributed by atoms with Gasteiger partial charge in [0.25, 0.3) is 0 Å². The van der Waals surface area contributed by atoms with Gasteiger partial charge in [-0.1, -0.05) is 39.7 Å². The first-order chi connectivity index (χ1) is 11.5. The van der Waals surface area contributed by atoms with Crippen molar-refractivity contribution in [3.8, 4) is 17.1 Å². The SMILES string of the molecule is O=C(O)CCc1cc(-c2ccc(Br)cc2)n(-c2ccc(Cl)nn2)n1. The lowest BCUT2D eigenvalue weighted by Crippen LogP contribution is -2.04. The average Bonchev–Trinajstić information content (AvgIpc) is 2.98. The first kappa shape index (κ1) is 16.6. The molecule has 0 fully saturated rings. The summed E-state index contributed by atoms with van der Waals surface area (Å²) < 4.78 is 2.61. The molecule has 0 spiro atoms. The molecule has 0 aliphatic carbocycles. The van der Waals surface area contributed by atoms with Gasteiger partial charge in [-0.2, -0.15) is 5.10 Å². The Labute approximate surface area is 151 Å². The number of aromatic nitrogens is 4. The molecule has 2 aromatic heterocycles. The molecule has 1 N–H and O–H groups in total. The van der Waals surface area contributed by atoms with Crippen LogP contribution in [0, 0.1) is 0 Å². The van der Waals surface area contributed by atoms with Crippen molar-refractivity contribution in [2.75, 3.05) is 0 Å². The largest absolute Gasteiger partial charge is 0.481 e. The van der Waals surface area contributed by atoms with Crippen LogP contribution in [0.2, 0.25) is 5.15 Å². The van der Waals surface area contributed by atoms with E-state index in [1.807, 2.05) is 30.3 Å². The number of halogens is 2. The number of aryl methyl sites for hydroxylation is 1. The maximum Gasteiger partial charge on any atom is 0.303 e. The van der Waals surface area contributed by atoms with Gasteiger partial charge in [0.1, 0.15) is 0 Å². The summed E-state index contributed by atoms with van der Waals surface area (Å²) in [6.45, 7) is 0. The minimum absolute atomic E-state index is 0.0170. The van der Waals surface area contributed by atoms with E-state index in [2.05, 4.69) is 31.2 Å².